The van der Waals surface area contributed by atoms with E-state index >= 15 is 0 Å². The normalized spacial score (nSPS) is 11.2. The van der Waals surface area contributed by atoms with Crippen LogP contribution in [0.4, 0.5) is 21.0 Å². The van der Waals surface area contributed by atoms with Crippen LogP contribution >= 0.6 is 0 Å². The molecule has 23 heavy (non-hydrogen) atoms. The summed E-state index contributed by atoms with van der Waals surface area (Å²) >= 11 is 0. The topological polar surface area (TPSA) is 92.4 Å². The van der Waals surface area contributed by atoms with Crippen LogP contribution in [0.25, 0.3) is 0 Å². The van der Waals surface area contributed by atoms with Gasteiger partial charge in [0, 0.05) is 17.6 Å². The molecular formula is C16H18N4O3. The van der Waals surface area contributed by atoms with Crippen LogP contribution in [0.5, 0.6) is 0 Å². The molecule has 0 spiro atoms. The first-order valence-corrected chi connectivity index (χ1v) is 7.02. The molecule has 0 aliphatic rings. The van der Waals surface area contributed by atoms with Crippen LogP contribution in [0, 0.1) is 0 Å². The number of carbonyl (C=O) groups excluding carboxylic acids is 2. The van der Waals surface area contributed by atoms with Gasteiger partial charge in [-0.3, -0.25) is 10.3 Å². The molecule has 1 aromatic carbocycles. The lowest BCUT2D eigenvalue weighted by Gasteiger charge is -2.14. The summed E-state index contributed by atoms with van der Waals surface area (Å²) < 4.78 is 4.52. The molecule has 0 aliphatic heterocycles. The molecule has 0 aliphatic carbocycles. The Hall–Kier alpha value is -3.09. The number of benzene rings is 1. The van der Waals surface area contributed by atoms with Gasteiger partial charge in [-0.15, -0.1) is 0 Å². The van der Waals surface area contributed by atoms with E-state index in [9.17, 15) is 9.59 Å². The summed E-state index contributed by atoms with van der Waals surface area (Å²) in [5.41, 5.74) is 1.83. The van der Waals surface area contributed by atoms with Crippen LogP contribution < -0.4 is 16.0 Å². The molecule has 1 atom stereocenters. The summed E-state index contributed by atoms with van der Waals surface area (Å²) in [4.78, 5) is 27.4. The summed E-state index contributed by atoms with van der Waals surface area (Å²) in [5, 5.41) is 8.02. The first kappa shape index (κ1) is 16.3. The Morgan fingerprint density at radius 1 is 1.09 bits per heavy atom. The predicted octanol–water partition coefficient (Wildman–Crippen LogP) is 3.14. The molecular weight excluding hydrogens is 296 g/mol. The Balaban J connectivity index is 1.95. The fourth-order valence-corrected chi connectivity index (χ4v) is 1.91. The lowest BCUT2D eigenvalue weighted by atomic mass is 10.2. The van der Waals surface area contributed by atoms with Crippen LogP contribution in [0.1, 0.15) is 18.7 Å². The maximum Gasteiger partial charge on any atom is 0.411 e. The zero-order valence-electron chi connectivity index (χ0n) is 12.9. The summed E-state index contributed by atoms with van der Waals surface area (Å²) in [6.45, 7) is 1.84. The molecule has 0 bridgehead atoms. The highest BCUT2D eigenvalue weighted by molar-refractivity contribution is 5.91. The minimum Gasteiger partial charge on any atom is -0.453 e. The number of hydrogen-bond donors (Lipinski definition) is 3. The molecule has 0 fully saturated rings. The van der Waals surface area contributed by atoms with Crippen molar-refractivity contribution < 1.29 is 14.3 Å². The van der Waals surface area contributed by atoms with Gasteiger partial charge in [-0.05, 0) is 37.3 Å². The Labute approximate surface area is 134 Å². The minimum absolute atomic E-state index is 0.229. The van der Waals surface area contributed by atoms with E-state index in [1.165, 1.54) is 7.11 Å². The number of urea groups is 1. The third-order valence-corrected chi connectivity index (χ3v) is 3.03. The highest BCUT2D eigenvalue weighted by atomic mass is 16.5. The molecule has 0 radical (unpaired) electrons. The van der Waals surface area contributed by atoms with Crippen molar-refractivity contribution in [3.05, 3.63) is 54.4 Å². The third kappa shape index (κ3) is 4.99. The number of rotatable bonds is 4. The number of amides is 3. The first-order valence-electron chi connectivity index (χ1n) is 7.02. The maximum atomic E-state index is 12.0. The largest absolute Gasteiger partial charge is 0.453 e. The Bertz CT molecular complexity index is 676. The summed E-state index contributed by atoms with van der Waals surface area (Å²) in [7, 11) is 1.28. The number of ether oxygens (including phenoxy) is 1. The summed E-state index contributed by atoms with van der Waals surface area (Å²) in [6.07, 6.45) is 1.10. The molecule has 3 amide bonds. The SMILES string of the molecule is COC(=O)Nc1cccc(NC(=O)NC(C)c2ccccn2)c1. The molecule has 2 aromatic rings. The molecule has 7 heteroatoms. The van der Waals surface area contributed by atoms with E-state index in [0.717, 1.165) is 5.69 Å². The van der Waals surface area contributed by atoms with Gasteiger partial charge >= 0.3 is 12.1 Å². The van der Waals surface area contributed by atoms with Crippen LogP contribution in [0.15, 0.2) is 48.7 Å². The number of nitrogens with one attached hydrogen (secondary N) is 3. The van der Waals surface area contributed by atoms with Crippen molar-refractivity contribution in [3.63, 3.8) is 0 Å². The maximum absolute atomic E-state index is 12.0. The number of carbonyl (C=O) groups is 2. The van der Waals surface area contributed by atoms with E-state index in [0.29, 0.717) is 11.4 Å². The van der Waals surface area contributed by atoms with Crippen molar-refractivity contribution >= 4 is 23.5 Å². The van der Waals surface area contributed by atoms with Crippen molar-refractivity contribution in [1.82, 2.24) is 10.3 Å². The zero-order chi connectivity index (χ0) is 16.7. The number of pyridine rings is 1. The fourth-order valence-electron chi connectivity index (χ4n) is 1.91. The highest BCUT2D eigenvalue weighted by Crippen LogP contribution is 2.16. The molecule has 1 unspecified atom stereocenters. The second-order valence-corrected chi connectivity index (χ2v) is 4.77. The van der Waals surface area contributed by atoms with Crippen molar-refractivity contribution in [2.24, 2.45) is 0 Å². The van der Waals surface area contributed by atoms with Crippen LogP contribution in [0.3, 0.4) is 0 Å². The van der Waals surface area contributed by atoms with Gasteiger partial charge in [0.25, 0.3) is 0 Å². The van der Waals surface area contributed by atoms with E-state index in [4.69, 9.17) is 0 Å². The lowest BCUT2D eigenvalue weighted by molar-refractivity contribution is 0.187. The molecule has 0 saturated heterocycles. The van der Waals surface area contributed by atoms with Gasteiger partial charge in [0.1, 0.15) is 0 Å². The molecule has 7 nitrogen and oxygen atoms in total. The third-order valence-electron chi connectivity index (χ3n) is 3.03. The Morgan fingerprint density at radius 2 is 1.83 bits per heavy atom. The predicted molar refractivity (Wildman–Crippen MR) is 87.3 cm³/mol. The number of aromatic nitrogens is 1. The number of methoxy groups -OCH3 is 1. The summed E-state index contributed by atoms with van der Waals surface area (Å²) in [5.74, 6) is 0. The summed E-state index contributed by atoms with van der Waals surface area (Å²) in [6, 6.07) is 11.7. The quantitative estimate of drug-likeness (QED) is 0.808. The monoisotopic (exact) mass is 314 g/mol. The Morgan fingerprint density at radius 3 is 2.48 bits per heavy atom. The smallest absolute Gasteiger partial charge is 0.411 e. The standard InChI is InChI=1S/C16H18N4O3/c1-11(14-8-3-4-9-17-14)18-15(21)19-12-6-5-7-13(10-12)20-16(22)23-2/h3-11H,1-2H3,(H,20,22)(H2,18,19,21). The van der Waals surface area contributed by atoms with Gasteiger partial charge in [0.05, 0.1) is 18.8 Å². The van der Waals surface area contributed by atoms with Crippen LogP contribution in [0.2, 0.25) is 0 Å². The van der Waals surface area contributed by atoms with Crippen molar-refractivity contribution in [3.8, 4) is 0 Å². The number of nitrogens with zero attached hydrogens (tertiary/aromatic N) is 1. The Kier molecular flexibility index (Phi) is 5.51. The van der Waals surface area contributed by atoms with Crippen LogP contribution in [-0.2, 0) is 4.74 Å². The van der Waals surface area contributed by atoms with E-state index in [1.807, 2.05) is 25.1 Å². The van der Waals surface area contributed by atoms with E-state index in [1.54, 1.807) is 30.5 Å². The molecule has 1 aromatic heterocycles. The van der Waals surface area contributed by atoms with Gasteiger partial charge in [0.15, 0.2) is 0 Å². The molecule has 120 valence electrons. The van der Waals surface area contributed by atoms with Gasteiger partial charge < -0.3 is 15.4 Å². The minimum atomic E-state index is -0.574. The van der Waals surface area contributed by atoms with Gasteiger partial charge in [-0.2, -0.15) is 0 Å². The molecule has 0 saturated carbocycles. The van der Waals surface area contributed by atoms with Gasteiger partial charge in [-0.1, -0.05) is 12.1 Å². The van der Waals surface area contributed by atoms with E-state index < -0.39 is 6.09 Å². The second-order valence-electron chi connectivity index (χ2n) is 4.77. The number of anilines is 2. The lowest BCUT2D eigenvalue weighted by Crippen LogP contribution is -2.31. The molecule has 3 N–H and O–H groups in total. The zero-order valence-corrected chi connectivity index (χ0v) is 12.9. The second kappa shape index (κ2) is 7.79. The van der Waals surface area contributed by atoms with E-state index in [2.05, 4.69) is 25.7 Å². The van der Waals surface area contributed by atoms with Crippen molar-refractivity contribution in [2.45, 2.75) is 13.0 Å². The van der Waals surface area contributed by atoms with E-state index in [-0.39, 0.29) is 12.1 Å². The number of hydrogen-bond acceptors (Lipinski definition) is 4. The van der Waals surface area contributed by atoms with Crippen LogP contribution in [-0.4, -0.2) is 24.2 Å². The average molecular weight is 314 g/mol. The fraction of sp³-hybridized carbons (Fsp3) is 0.188. The highest BCUT2D eigenvalue weighted by Gasteiger charge is 2.10. The van der Waals surface area contributed by atoms with Crippen molar-refractivity contribution in [2.75, 3.05) is 17.7 Å². The van der Waals surface area contributed by atoms with Gasteiger partial charge in [-0.25, -0.2) is 9.59 Å². The first-order chi connectivity index (χ1) is 11.1. The van der Waals surface area contributed by atoms with Crippen molar-refractivity contribution in [1.29, 1.82) is 0 Å². The van der Waals surface area contributed by atoms with Gasteiger partial charge in [0.2, 0.25) is 0 Å². The molecule has 1 heterocycles. The average Bonchev–Trinajstić information content (AvgIpc) is 2.55. The molecule has 2 rings (SSSR count).